The standard InChI is InChI=1S/C15H20N2O3/c1-12(2)19-9-8-17(3)15(18)11-20-14-7-5-4-6-13(14)10-16/h4-7,12H,8-9,11H2,1-3H3. The number of hydrogen-bond donors (Lipinski definition) is 0. The Balaban J connectivity index is 2.41. The monoisotopic (exact) mass is 276 g/mol. The van der Waals surface area contributed by atoms with Crippen molar-refractivity contribution in [3.63, 3.8) is 0 Å². The summed E-state index contributed by atoms with van der Waals surface area (Å²) in [6, 6.07) is 8.87. The molecule has 0 radical (unpaired) electrons. The zero-order chi connectivity index (χ0) is 15.0. The van der Waals surface area contributed by atoms with Gasteiger partial charge < -0.3 is 14.4 Å². The molecule has 20 heavy (non-hydrogen) atoms. The normalized spacial score (nSPS) is 10.2. The fourth-order valence-corrected chi connectivity index (χ4v) is 1.48. The van der Waals surface area contributed by atoms with Gasteiger partial charge in [-0.25, -0.2) is 0 Å². The maximum Gasteiger partial charge on any atom is 0.260 e. The predicted molar refractivity (Wildman–Crippen MR) is 75.4 cm³/mol. The molecule has 0 aliphatic carbocycles. The van der Waals surface area contributed by atoms with Crippen LogP contribution in [-0.2, 0) is 9.53 Å². The van der Waals surface area contributed by atoms with Crippen molar-refractivity contribution in [1.82, 2.24) is 4.90 Å². The number of ether oxygens (including phenoxy) is 2. The molecular formula is C15H20N2O3. The van der Waals surface area contributed by atoms with Gasteiger partial charge in [0, 0.05) is 13.6 Å². The first-order chi connectivity index (χ1) is 9.54. The van der Waals surface area contributed by atoms with E-state index in [9.17, 15) is 4.79 Å². The first-order valence-electron chi connectivity index (χ1n) is 6.52. The molecule has 1 amide bonds. The molecule has 0 saturated heterocycles. The third-order valence-electron chi connectivity index (χ3n) is 2.66. The summed E-state index contributed by atoms with van der Waals surface area (Å²) in [6.45, 7) is 4.82. The Morgan fingerprint density at radius 1 is 1.40 bits per heavy atom. The first kappa shape index (κ1) is 16.0. The number of likely N-dealkylation sites (N-methyl/N-ethyl adjacent to an activating group) is 1. The lowest BCUT2D eigenvalue weighted by Crippen LogP contribution is -2.34. The van der Waals surface area contributed by atoms with Crippen molar-refractivity contribution in [2.24, 2.45) is 0 Å². The Labute approximate surface area is 119 Å². The van der Waals surface area contributed by atoms with E-state index in [2.05, 4.69) is 0 Å². The molecule has 0 heterocycles. The predicted octanol–water partition coefficient (Wildman–Crippen LogP) is 1.82. The van der Waals surface area contributed by atoms with E-state index in [-0.39, 0.29) is 18.6 Å². The van der Waals surface area contributed by atoms with Crippen LogP contribution >= 0.6 is 0 Å². The number of amides is 1. The highest BCUT2D eigenvalue weighted by Gasteiger charge is 2.11. The third kappa shape index (κ3) is 5.29. The Hall–Kier alpha value is -2.06. The summed E-state index contributed by atoms with van der Waals surface area (Å²) in [5, 5.41) is 8.92. The second-order valence-electron chi connectivity index (χ2n) is 4.63. The van der Waals surface area contributed by atoms with Crippen LogP contribution in [-0.4, -0.2) is 43.7 Å². The van der Waals surface area contributed by atoms with Crippen LogP contribution in [0, 0.1) is 11.3 Å². The van der Waals surface area contributed by atoms with Gasteiger partial charge in [0.05, 0.1) is 18.3 Å². The highest BCUT2D eigenvalue weighted by Crippen LogP contribution is 2.16. The molecule has 0 aliphatic rings. The molecule has 0 aromatic heterocycles. The molecule has 0 spiro atoms. The van der Waals surface area contributed by atoms with Crippen LogP contribution in [0.3, 0.4) is 0 Å². The maximum atomic E-state index is 11.9. The Morgan fingerprint density at radius 2 is 2.10 bits per heavy atom. The lowest BCUT2D eigenvalue weighted by molar-refractivity contribution is -0.132. The van der Waals surface area contributed by atoms with Gasteiger partial charge in [-0.05, 0) is 26.0 Å². The Bertz CT molecular complexity index is 480. The number of rotatable bonds is 7. The molecular weight excluding hydrogens is 256 g/mol. The van der Waals surface area contributed by atoms with Crippen LogP contribution in [0.2, 0.25) is 0 Å². The van der Waals surface area contributed by atoms with Gasteiger partial charge in [0.1, 0.15) is 11.8 Å². The second-order valence-corrected chi connectivity index (χ2v) is 4.63. The molecule has 0 aliphatic heterocycles. The number of hydrogen-bond acceptors (Lipinski definition) is 4. The number of para-hydroxylation sites is 1. The van der Waals surface area contributed by atoms with Gasteiger partial charge in [0.2, 0.25) is 0 Å². The van der Waals surface area contributed by atoms with Gasteiger partial charge in [-0.2, -0.15) is 5.26 Å². The molecule has 5 nitrogen and oxygen atoms in total. The first-order valence-corrected chi connectivity index (χ1v) is 6.52. The minimum Gasteiger partial charge on any atom is -0.482 e. The summed E-state index contributed by atoms with van der Waals surface area (Å²) in [4.78, 5) is 13.4. The van der Waals surface area contributed by atoms with E-state index in [1.54, 1.807) is 36.2 Å². The minimum atomic E-state index is -0.148. The van der Waals surface area contributed by atoms with Gasteiger partial charge in [-0.3, -0.25) is 4.79 Å². The summed E-state index contributed by atoms with van der Waals surface area (Å²) < 4.78 is 10.8. The van der Waals surface area contributed by atoms with Gasteiger partial charge in [-0.15, -0.1) is 0 Å². The van der Waals surface area contributed by atoms with Crippen molar-refractivity contribution >= 4 is 5.91 Å². The number of benzene rings is 1. The topological polar surface area (TPSA) is 62.6 Å². The molecule has 1 aromatic carbocycles. The zero-order valence-electron chi connectivity index (χ0n) is 12.1. The Kier molecular flexibility index (Phi) is 6.54. The van der Waals surface area contributed by atoms with Crippen molar-refractivity contribution in [3.05, 3.63) is 29.8 Å². The van der Waals surface area contributed by atoms with E-state index in [4.69, 9.17) is 14.7 Å². The van der Waals surface area contributed by atoms with Crippen molar-refractivity contribution < 1.29 is 14.3 Å². The van der Waals surface area contributed by atoms with E-state index in [1.165, 1.54) is 0 Å². The summed E-state index contributed by atoms with van der Waals surface area (Å²) >= 11 is 0. The minimum absolute atomic E-state index is 0.0864. The molecule has 1 rings (SSSR count). The fourth-order valence-electron chi connectivity index (χ4n) is 1.48. The molecule has 5 heteroatoms. The fraction of sp³-hybridized carbons (Fsp3) is 0.467. The molecule has 0 atom stereocenters. The largest absolute Gasteiger partial charge is 0.482 e. The van der Waals surface area contributed by atoms with Gasteiger partial charge >= 0.3 is 0 Å². The summed E-state index contributed by atoms with van der Waals surface area (Å²) in [6.07, 6.45) is 0.150. The van der Waals surface area contributed by atoms with Crippen molar-refractivity contribution in [2.45, 2.75) is 20.0 Å². The van der Waals surface area contributed by atoms with Crippen LogP contribution in [0.15, 0.2) is 24.3 Å². The molecule has 0 fully saturated rings. The smallest absolute Gasteiger partial charge is 0.260 e. The number of carbonyl (C=O) groups is 1. The van der Waals surface area contributed by atoms with Crippen LogP contribution < -0.4 is 4.74 Å². The van der Waals surface area contributed by atoms with Crippen LogP contribution in [0.4, 0.5) is 0 Å². The number of nitriles is 1. The van der Waals surface area contributed by atoms with E-state index in [1.807, 2.05) is 19.9 Å². The van der Waals surface area contributed by atoms with E-state index in [0.29, 0.717) is 24.5 Å². The molecule has 0 bridgehead atoms. The van der Waals surface area contributed by atoms with Crippen molar-refractivity contribution in [3.8, 4) is 11.8 Å². The lowest BCUT2D eigenvalue weighted by Gasteiger charge is -2.18. The summed E-state index contributed by atoms with van der Waals surface area (Å²) in [5.74, 6) is 0.278. The molecule has 0 unspecified atom stereocenters. The lowest BCUT2D eigenvalue weighted by atomic mass is 10.2. The van der Waals surface area contributed by atoms with Crippen molar-refractivity contribution in [2.75, 3.05) is 26.8 Å². The van der Waals surface area contributed by atoms with E-state index in [0.717, 1.165) is 0 Å². The number of nitrogens with zero attached hydrogens (tertiary/aromatic N) is 2. The van der Waals surface area contributed by atoms with Crippen LogP contribution in [0.25, 0.3) is 0 Å². The van der Waals surface area contributed by atoms with Gasteiger partial charge in [-0.1, -0.05) is 12.1 Å². The highest BCUT2D eigenvalue weighted by molar-refractivity contribution is 5.77. The van der Waals surface area contributed by atoms with Gasteiger partial charge in [0.25, 0.3) is 5.91 Å². The molecule has 1 aromatic rings. The number of carbonyl (C=O) groups excluding carboxylic acids is 1. The highest BCUT2D eigenvalue weighted by atomic mass is 16.5. The zero-order valence-corrected chi connectivity index (χ0v) is 12.1. The maximum absolute atomic E-state index is 11.9. The quantitative estimate of drug-likeness (QED) is 0.762. The summed E-state index contributed by atoms with van der Waals surface area (Å²) in [7, 11) is 1.70. The SMILES string of the molecule is CC(C)OCCN(C)C(=O)COc1ccccc1C#N. The average molecular weight is 276 g/mol. The molecule has 0 N–H and O–H groups in total. The Morgan fingerprint density at radius 3 is 2.75 bits per heavy atom. The van der Waals surface area contributed by atoms with Crippen LogP contribution in [0.1, 0.15) is 19.4 Å². The average Bonchev–Trinajstić information content (AvgIpc) is 2.44. The van der Waals surface area contributed by atoms with E-state index >= 15 is 0 Å². The van der Waals surface area contributed by atoms with Gasteiger partial charge in [0.15, 0.2) is 6.61 Å². The summed E-state index contributed by atoms with van der Waals surface area (Å²) in [5.41, 5.74) is 0.422. The molecule has 0 saturated carbocycles. The van der Waals surface area contributed by atoms with Crippen molar-refractivity contribution in [1.29, 1.82) is 5.26 Å². The molecule has 108 valence electrons. The van der Waals surface area contributed by atoms with Crippen LogP contribution in [0.5, 0.6) is 5.75 Å². The second kappa shape index (κ2) is 8.18. The van der Waals surface area contributed by atoms with E-state index < -0.39 is 0 Å². The third-order valence-corrected chi connectivity index (χ3v) is 2.66.